The molecule has 0 aliphatic carbocycles. The molecule has 1 unspecified atom stereocenters. The molecular weight excluding hydrogens is 298 g/mol. The number of unbranched alkanes of at least 4 members (excludes halogenated alkanes) is 6. The third kappa shape index (κ3) is 13.1. The number of hydrogen-bond acceptors (Lipinski definition) is 4. The number of carbonyl (C=O) groups is 2. The molecule has 0 radical (unpaired) electrons. The Hall–Kier alpha value is -0.550. The van der Waals surface area contributed by atoms with E-state index in [-0.39, 0.29) is 12.2 Å². The first-order valence-electron chi connectivity index (χ1n) is 8.47. The number of thiol groups is 1. The quantitative estimate of drug-likeness (QED) is 0.355. The second-order valence-electron chi connectivity index (χ2n) is 6.32. The number of carboxylic acids is 1. The van der Waals surface area contributed by atoms with Crippen LogP contribution < -0.4 is 0 Å². The van der Waals surface area contributed by atoms with Gasteiger partial charge in [0.15, 0.2) is 0 Å². The van der Waals surface area contributed by atoms with Crippen LogP contribution in [-0.2, 0) is 9.59 Å². The smallest absolute Gasteiger partial charge is 0.306 e. The molecule has 4 nitrogen and oxygen atoms in total. The summed E-state index contributed by atoms with van der Waals surface area (Å²) in [5, 5.41) is 9.01. The van der Waals surface area contributed by atoms with Gasteiger partial charge in [0.05, 0.1) is 5.92 Å². The van der Waals surface area contributed by atoms with Gasteiger partial charge in [-0.05, 0) is 45.7 Å². The molecule has 1 atom stereocenters. The Kier molecular flexibility index (Phi) is 13.7. The number of carbonyl (C=O) groups excluding carboxylic acids is 1. The molecule has 0 saturated heterocycles. The molecule has 0 aromatic heterocycles. The predicted octanol–water partition coefficient (Wildman–Crippen LogP) is 3.65. The highest BCUT2D eigenvalue weighted by Gasteiger charge is 2.19. The minimum absolute atomic E-state index is 0.0835. The molecule has 5 heteroatoms. The Labute approximate surface area is 141 Å². The van der Waals surface area contributed by atoms with Crippen molar-refractivity contribution in [2.45, 2.75) is 64.2 Å². The monoisotopic (exact) mass is 331 g/mol. The van der Waals surface area contributed by atoms with E-state index in [0.717, 1.165) is 19.4 Å². The molecular formula is C17H33NO3S. The van der Waals surface area contributed by atoms with E-state index in [0.29, 0.717) is 18.6 Å². The van der Waals surface area contributed by atoms with E-state index in [1.807, 2.05) is 0 Å². The first kappa shape index (κ1) is 21.4. The fourth-order valence-electron chi connectivity index (χ4n) is 2.48. The van der Waals surface area contributed by atoms with Crippen LogP contribution in [0.1, 0.15) is 64.2 Å². The summed E-state index contributed by atoms with van der Waals surface area (Å²) in [5.41, 5.74) is 0. The zero-order valence-corrected chi connectivity index (χ0v) is 15.1. The number of ketones is 1. The third-order valence-electron chi connectivity index (χ3n) is 3.86. The van der Waals surface area contributed by atoms with Gasteiger partial charge < -0.3 is 10.0 Å². The van der Waals surface area contributed by atoms with Crippen LogP contribution in [0.3, 0.4) is 0 Å². The van der Waals surface area contributed by atoms with Gasteiger partial charge in [-0.1, -0.05) is 32.1 Å². The highest BCUT2D eigenvalue weighted by atomic mass is 32.1. The summed E-state index contributed by atoms with van der Waals surface area (Å²) in [7, 11) is 4.20. The standard InChI is InChI=1S/C17H33NO3S/c1-18(2)12-9-7-5-3-4-6-8-10-16(19)14-15(11-13-22)17(20)21/h15,22H,3-14H2,1-2H3,(H,20,21). The van der Waals surface area contributed by atoms with Gasteiger partial charge in [-0.3, -0.25) is 9.59 Å². The first-order chi connectivity index (χ1) is 10.5. The van der Waals surface area contributed by atoms with Gasteiger partial charge >= 0.3 is 5.97 Å². The third-order valence-corrected chi connectivity index (χ3v) is 4.12. The molecule has 1 N–H and O–H groups in total. The van der Waals surface area contributed by atoms with Crippen molar-refractivity contribution in [2.75, 3.05) is 26.4 Å². The number of Topliss-reactive ketones (excluding diaryl/α,β-unsaturated/α-hetero) is 1. The van der Waals surface area contributed by atoms with E-state index >= 15 is 0 Å². The lowest BCUT2D eigenvalue weighted by Crippen LogP contribution is -2.18. The van der Waals surface area contributed by atoms with Gasteiger partial charge in [0.25, 0.3) is 0 Å². The second-order valence-corrected chi connectivity index (χ2v) is 6.77. The van der Waals surface area contributed by atoms with Crippen LogP contribution in [0.2, 0.25) is 0 Å². The van der Waals surface area contributed by atoms with Crippen LogP contribution in [0.5, 0.6) is 0 Å². The van der Waals surface area contributed by atoms with E-state index in [2.05, 4.69) is 31.6 Å². The summed E-state index contributed by atoms with van der Waals surface area (Å²) in [4.78, 5) is 25.0. The lowest BCUT2D eigenvalue weighted by molar-refractivity contribution is -0.143. The maximum absolute atomic E-state index is 11.8. The SMILES string of the molecule is CN(C)CCCCCCCCCC(=O)CC(CCS)C(=O)O. The average Bonchev–Trinajstić information content (AvgIpc) is 2.44. The Morgan fingerprint density at radius 3 is 2.05 bits per heavy atom. The highest BCUT2D eigenvalue weighted by molar-refractivity contribution is 7.80. The van der Waals surface area contributed by atoms with Crippen LogP contribution in [0.25, 0.3) is 0 Å². The van der Waals surface area contributed by atoms with E-state index in [1.165, 1.54) is 32.1 Å². The summed E-state index contributed by atoms with van der Waals surface area (Å²) in [6.07, 6.45) is 9.34. The van der Waals surface area contributed by atoms with Crippen molar-refractivity contribution in [3.8, 4) is 0 Å². The molecule has 0 saturated carbocycles. The number of hydrogen-bond donors (Lipinski definition) is 2. The largest absolute Gasteiger partial charge is 0.481 e. The summed E-state index contributed by atoms with van der Waals surface area (Å²) in [5.74, 6) is -0.833. The van der Waals surface area contributed by atoms with Crippen molar-refractivity contribution >= 4 is 24.4 Å². The van der Waals surface area contributed by atoms with E-state index in [9.17, 15) is 9.59 Å². The van der Waals surface area contributed by atoms with E-state index in [4.69, 9.17) is 5.11 Å². The van der Waals surface area contributed by atoms with Gasteiger partial charge in [0.1, 0.15) is 5.78 Å². The van der Waals surface area contributed by atoms with Crippen molar-refractivity contribution in [3.05, 3.63) is 0 Å². The van der Waals surface area contributed by atoms with Gasteiger partial charge in [-0.25, -0.2) is 0 Å². The number of aliphatic carboxylic acids is 1. The van der Waals surface area contributed by atoms with Gasteiger partial charge in [0, 0.05) is 12.8 Å². The molecule has 0 aliphatic rings. The van der Waals surface area contributed by atoms with Crippen LogP contribution in [0.4, 0.5) is 0 Å². The van der Waals surface area contributed by atoms with Crippen molar-refractivity contribution in [1.29, 1.82) is 0 Å². The molecule has 0 amide bonds. The second kappa shape index (κ2) is 14.1. The number of rotatable bonds is 15. The lowest BCUT2D eigenvalue weighted by Gasteiger charge is -2.10. The predicted molar refractivity (Wildman–Crippen MR) is 94.7 cm³/mol. The van der Waals surface area contributed by atoms with Crippen LogP contribution in [0.15, 0.2) is 0 Å². The first-order valence-corrected chi connectivity index (χ1v) is 9.10. The van der Waals surface area contributed by atoms with Gasteiger partial charge in [-0.2, -0.15) is 12.6 Å². The Morgan fingerprint density at radius 1 is 1.00 bits per heavy atom. The molecule has 0 aromatic carbocycles. The van der Waals surface area contributed by atoms with E-state index < -0.39 is 11.9 Å². The molecule has 0 rings (SSSR count). The average molecular weight is 332 g/mol. The van der Waals surface area contributed by atoms with Crippen LogP contribution in [-0.4, -0.2) is 48.2 Å². The molecule has 0 bridgehead atoms. The van der Waals surface area contributed by atoms with Crippen molar-refractivity contribution < 1.29 is 14.7 Å². The Bertz CT molecular complexity index is 308. The minimum Gasteiger partial charge on any atom is -0.481 e. The van der Waals surface area contributed by atoms with Gasteiger partial charge in [-0.15, -0.1) is 0 Å². The Morgan fingerprint density at radius 2 is 1.55 bits per heavy atom. The molecule has 22 heavy (non-hydrogen) atoms. The maximum atomic E-state index is 11.8. The molecule has 0 spiro atoms. The van der Waals surface area contributed by atoms with Crippen molar-refractivity contribution in [3.63, 3.8) is 0 Å². The zero-order chi connectivity index (χ0) is 16.8. The fourth-order valence-corrected chi connectivity index (χ4v) is 2.79. The molecule has 0 heterocycles. The maximum Gasteiger partial charge on any atom is 0.306 e. The molecule has 0 aliphatic heterocycles. The van der Waals surface area contributed by atoms with Gasteiger partial charge in [0.2, 0.25) is 0 Å². The van der Waals surface area contributed by atoms with Crippen molar-refractivity contribution in [1.82, 2.24) is 4.90 Å². The lowest BCUT2D eigenvalue weighted by atomic mass is 9.97. The van der Waals surface area contributed by atoms with Crippen molar-refractivity contribution in [2.24, 2.45) is 5.92 Å². The normalized spacial score (nSPS) is 12.5. The summed E-state index contributed by atoms with van der Waals surface area (Å²) in [6, 6.07) is 0. The zero-order valence-electron chi connectivity index (χ0n) is 14.2. The van der Waals surface area contributed by atoms with Crippen LogP contribution in [0, 0.1) is 5.92 Å². The number of nitrogens with zero attached hydrogens (tertiary/aromatic N) is 1. The Balaban J connectivity index is 3.50. The summed E-state index contributed by atoms with van der Waals surface area (Å²) >= 11 is 4.04. The molecule has 0 fully saturated rings. The molecule has 130 valence electrons. The van der Waals surface area contributed by atoms with Crippen LogP contribution >= 0.6 is 12.6 Å². The summed E-state index contributed by atoms with van der Waals surface area (Å²) in [6.45, 7) is 1.16. The topological polar surface area (TPSA) is 57.6 Å². The number of carboxylic acid groups (broad SMARTS) is 1. The molecule has 0 aromatic rings. The summed E-state index contributed by atoms with van der Waals surface area (Å²) < 4.78 is 0. The fraction of sp³-hybridized carbons (Fsp3) is 0.882. The van der Waals surface area contributed by atoms with E-state index in [1.54, 1.807) is 0 Å². The minimum atomic E-state index is -0.875. The highest BCUT2D eigenvalue weighted by Crippen LogP contribution is 2.14.